The highest BCUT2D eigenvalue weighted by atomic mass is 19.4. The second-order valence-corrected chi connectivity index (χ2v) is 2.89. The van der Waals surface area contributed by atoms with Gasteiger partial charge in [0, 0.05) is 6.42 Å². The van der Waals surface area contributed by atoms with Crippen LogP contribution in [0.2, 0.25) is 0 Å². The van der Waals surface area contributed by atoms with E-state index < -0.39 is 12.1 Å². The normalized spacial score (nSPS) is 21.4. The molecular weight excluding hydrogens is 157 g/mol. The second-order valence-electron chi connectivity index (χ2n) is 2.89. The van der Waals surface area contributed by atoms with Crippen molar-refractivity contribution in [2.45, 2.75) is 25.4 Å². The minimum atomic E-state index is -4.18. The number of aldehydes is 1. The molecule has 0 amide bonds. The van der Waals surface area contributed by atoms with Gasteiger partial charge in [0.15, 0.2) is 0 Å². The molecule has 1 rings (SSSR count). The van der Waals surface area contributed by atoms with Crippen molar-refractivity contribution < 1.29 is 18.0 Å². The van der Waals surface area contributed by atoms with Crippen LogP contribution in [0.25, 0.3) is 0 Å². The highest BCUT2D eigenvalue weighted by Crippen LogP contribution is 2.46. The monoisotopic (exact) mass is 166 g/mol. The molecule has 1 saturated carbocycles. The Bertz CT molecular complexity index is 148. The zero-order valence-electron chi connectivity index (χ0n) is 5.90. The fourth-order valence-corrected chi connectivity index (χ4v) is 1.20. The average molecular weight is 166 g/mol. The van der Waals surface area contributed by atoms with Gasteiger partial charge in [-0.25, -0.2) is 0 Å². The van der Waals surface area contributed by atoms with E-state index in [-0.39, 0.29) is 12.3 Å². The molecule has 0 aromatic rings. The van der Waals surface area contributed by atoms with E-state index in [9.17, 15) is 18.0 Å². The maximum atomic E-state index is 12.0. The third-order valence-corrected chi connectivity index (χ3v) is 1.96. The summed E-state index contributed by atoms with van der Waals surface area (Å²) in [6, 6.07) is 0. The molecule has 0 saturated heterocycles. The minimum Gasteiger partial charge on any atom is -0.303 e. The lowest BCUT2D eigenvalue weighted by Crippen LogP contribution is -2.25. The molecule has 64 valence electrons. The van der Waals surface area contributed by atoms with Crippen molar-refractivity contribution in [1.29, 1.82) is 0 Å². The maximum Gasteiger partial charge on any atom is 0.392 e. The molecule has 0 radical (unpaired) electrons. The molecule has 4 heteroatoms. The van der Waals surface area contributed by atoms with Gasteiger partial charge in [-0.15, -0.1) is 0 Å². The molecule has 1 aliphatic rings. The molecule has 0 aromatic heterocycles. The zero-order valence-corrected chi connectivity index (χ0v) is 5.90. The quantitative estimate of drug-likeness (QED) is 0.587. The van der Waals surface area contributed by atoms with Gasteiger partial charge in [0.25, 0.3) is 0 Å². The summed E-state index contributed by atoms with van der Waals surface area (Å²) in [5.41, 5.74) is 0. The van der Waals surface area contributed by atoms with Gasteiger partial charge in [0.1, 0.15) is 6.29 Å². The van der Waals surface area contributed by atoms with Gasteiger partial charge in [0.2, 0.25) is 0 Å². The summed E-state index contributed by atoms with van der Waals surface area (Å²) in [5.74, 6) is -1.65. The molecule has 1 aliphatic carbocycles. The number of rotatable bonds is 3. The van der Waals surface area contributed by atoms with Crippen LogP contribution < -0.4 is 0 Å². The lowest BCUT2D eigenvalue weighted by Gasteiger charge is -2.16. The number of carbonyl (C=O) groups excluding carboxylic acids is 1. The van der Waals surface area contributed by atoms with E-state index in [0.717, 1.165) is 0 Å². The SMILES string of the molecule is O=CCC(C1CC1)C(F)(F)F. The van der Waals surface area contributed by atoms with Crippen molar-refractivity contribution in [3.63, 3.8) is 0 Å². The lowest BCUT2D eigenvalue weighted by molar-refractivity contribution is -0.182. The fraction of sp³-hybridized carbons (Fsp3) is 0.857. The van der Waals surface area contributed by atoms with E-state index in [1.165, 1.54) is 0 Å². The predicted molar refractivity (Wildman–Crippen MR) is 32.9 cm³/mol. The number of hydrogen-bond acceptors (Lipinski definition) is 1. The highest BCUT2D eigenvalue weighted by Gasteiger charge is 2.48. The molecule has 0 spiro atoms. The van der Waals surface area contributed by atoms with Crippen LogP contribution >= 0.6 is 0 Å². The van der Waals surface area contributed by atoms with Gasteiger partial charge in [-0.3, -0.25) is 0 Å². The molecule has 0 heterocycles. The predicted octanol–water partition coefficient (Wildman–Crippen LogP) is 2.16. The largest absolute Gasteiger partial charge is 0.392 e. The third-order valence-electron chi connectivity index (χ3n) is 1.96. The topological polar surface area (TPSA) is 17.1 Å². The number of halogens is 3. The van der Waals surface area contributed by atoms with Gasteiger partial charge in [-0.05, 0) is 18.8 Å². The van der Waals surface area contributed by atoms with Crippen LogP contribution in [-0.2, 0) is 4.79 Å². The zero-order chi connectivity index (χ0) is 8.48. The highest BCUT2D eigenvalue weighted by molar-refractivity contribution is 5.50. The number of hydrogen-bond donors (Lipinski definition) is 0. The Kier molecular flexibility index (Phi) is 2.20. The van der Waals surface area contributed by atoms with E-state index in [0.29, 0.717) is 19.1 Å². The maximum absolute atomic E-state index is 12.0. The fourth-order valence-electron chi connectivity index (χ4n) is 1.20. The molecule has 1 fully saturated rings. The molecule has 0 bridgehead atoms. The summed E-state index contributed by atoms with van der Waals surface area (Å²) < 4.78 is 36.1. The standard InChI is InChI=1S/C7H9F3O/c8-7(9,10)6(3-4-11)5-1-2-5/h4-6H,1-3H2. The van der Waals surface area contributed by atoms with Crippen molar-refractivity contribution in [2.75, 3.05) is 0 Å². The third kappa shape index (κ3) is 2.20. The van der Waals surface area contributed by atoms with Crippen LogP contribution in [0.5, 0.6) is 0 Å². The molecule has 0 aliphatic heterocycles. The van der Waals surface area contributed by atoms with E-state index in [2.05, 4.69) is 0 Å². The van der Waals surface area contributed by atoms with Crippen LogP contribution in [0.3, 0.4) is 0 Å². The van der Waals surface area contributed by atoms with Crippen LogP contribution in [0.15, 0.2) is 0 Å². The molecule has 1 nitrogen and oxygen atoms in total. The first-order valence-corrected chi connectivity index (χ1v) is 3.56. The Labute approximate surface area is 62.6 Å². The smallest absolute Gasteiger partial charge is 0.303 e. The van der Waals surface area contributed by atoms with Gasteiger partial charge >= 0.3 is 6.18 Å². The molecule has 0 N–H and O–H groups in total. The van der Waals surface area contributed by atoms with Crippen molar-refractivity contribution in [2.24, 2.45) is 11.8 Å². The summed E-state index contributed by atoms with van der Waals surface area (Å²) >= 11 is 0. The van der Waals surface area contributed by atoms with Crippen LogP contribution in [0.1, 0.15) is 19.3 Å². The van der Waals surface area contributed by atoms with Crippen LogP contribution in [-0.4, -0.2) is 12.5 Å². The Hall–Kier alpha value is -0.540. The Balaban J connectivity index is 2.50. The molecule has 1 atom stereocenters. The number of carbonyl (C=O) groups is 1. The summed E-state index contributed by atoms with van der Waals surface area (Å²) in [5, 5.41) is 0. The van der Waals surface area contributed by atoms with E-state index >= 15 is 0 Å². The van der Waals surface area contributed by atoms with E-state index in [1.807, 2.05) is 0 Å². The summed E-state index contributed by atoms with van der Waals surface area (Å²) in [7, 11) is 0. The van der Waals surface area contributed by atoms with Crippen LogP contribution in [0, 0.1) is 11.8 Å². The van der Waals surface area contributed by atoms with Crippen molar-refractivity contribution in [3.05, 3.63) is 0 Å². The Morgan fingerprint density at radius 1 is 1.45 bits per heavy atom. The lowest BCUT2D eigenvalue weighted by atomic mass is 10.0. The Morgan fingerprint density at radius 3 is 2.27 bits per heavy atom. The minimum absolute atomic E-state index is 0.278. The first-order chi connectivity index (χ1) is 5.05. The number of alkyl halides is 3. The van der Waals surface area contributed by atoms with Crippen molar-refractivity contribution >= 4 is 6.29 Å². The Morgan fingerprint density at radius 2 is 2.00 bits per heavy atom. The van der Waals surface area contributed by atoms with Gasteiger partial charge in [0.05, 0.1) is 5.92 Å². The first-order valence-electron chi connectivity index (χ1n) is 3.56. The van der Waals surface area contributed by atoms with Crippen molar-refractivity contribution in [3.8, 4) is 0 Å². The van der Waals surface area contributed by atoms with Crippen LogP contribution in [0.4, 0.5) is 13.2 Å². The van der Waals surface area contributed by atoms with Gasteiger partial charge in [-0.2, -0.15) is 13.2 Å². The molecule has 0 aromatic carbocycles. The summed E-state index contributed by atoms with van der Waals surface area (Å²) in [6.07, 6.45) is -2.94. The van der Waals surface area contributed by atoms with E-state index in [4.69, 9.17) is 0 Å². The molecule has 1 unspecified atom stereocenters. The summed E-state index contributed by atoms with van der Waals surface area (Å²) in [4.78, 5) is 9.89. The molecular formula is C7H9F3O. The van der Waals surface area contributed by atoms with E-state index in [1.54, 1.807) is 0 Å². The summed E-state index contributed by atoms with van der Waals surface area (Å²) in [6.45, 7) is 0. The van der Waals surface area contributed by atoms with Crippen molar-refractivity contribution in [1.82, 2.24) is 0 Å². The first kappa shape index (κ1) is 8.56. The molecule has 11 heavy (non-hydrogen) atoms. The second kappa shape index (κ2) is 2.83. The van der Waals surface area contributed by atoms with Gasteiger partial charge in [-0.1, -0.05) is 0 Å². The van der Waals surface area contributed by atoms with Gasteiger partial charge < -0.3 is 4.79 Å². The average Bonchev–Trinajstić information content (AvgIpc) is 2.61.